The molecule has 0 aromatic heterocycles. The number of halogens is 1. The predicted molar refractivity (Wildman–Crippen MR) is 71.5 cm³/mol. The maximum Gasteiger partial charge on any atom is 0.0465 e. The molecule has 3 heteroatoms. The fourth-order valence-corrected chi connectivity index (χ4v) is 2.16. The first kappa shape index (κ1) is 13.7. The van der Waals surface area contributed by atoms with E-state index in [0.29, 0.717) is 5.92 Å². The molecule has 2 atom stereocenters. The van der Waals surface area contributed by atoms with Crippen LogP contribution in [-0.2, 0) is 4.74 Å². The zero-order chi connectivity index (χ0) is 12.1. The highest BCUT2D eigenvalue weighted by Crippen LogP contribution is 2.28. The fourth-order valence-electron chi connectivity index (χ4n) is 1.78. The first-order valence-electron chi connectivity index (χ1n) is 5.57. The molecule has 16 heavy (non-hydrogen) atoms. The third-order valence-electron chi connectivity index (χ3n) is 3.06. The highest BCUT2D eigenvalue weighted by Gasteiger charge is 2.17. The topological polar surface area (TPSA) is 35.2 Å². The van der Waals surface area contributed by atoms with Crippen molar-refractivity contribution in [1.29, 1.82) is 0 Å². The monoisotopic (exact) mass is 285 g/mol. The Morgan fingerprint density at radius 1 is 1.44 bits per heavy atom. The van der Waals surface area contributed by atoms with Crippen LogP contribution in [0.15, 0.2) is 22.7 Å². The van der Waals surface area contributed by atoms with Gasteiger partial charge in [0.15, 0.2) is 0 Å². The van der Waals surface area contributed by atoms with Crippen molar-refractivity contribution in [2.24, 2.45) is 11.7 Å². The Balaban J connectivity index is 2.79. The van der Waals surface area contributed by atoms with Gasteiger partial charge in [0.1, 0.15) is 0 Å². The third-order valence-corrected chi connectivity index (χ3v) is 3.92. The van der Waals surface area contributed by atoms with Crippen molar-refractivity contribution in [3.05, 3.63) is 33.8 Å². The van der Waals surface area contributed by atoms with E-state index in [0.717, 1.165) is 17.5 Å². The maximum absolute atomic E-state index is 6.27. The first-order valence-corrected chi connectivity index (χ1v) is 6.36. The average Bonchev–Trinajstić information content (AvgIpc) is 2.28. The highest BCUT2D eigenvalue weighted by atomic mass is 79.9. The molecule has 0 radical (unpaired) electrons. The van der Waals surface area contributed by atoms with E-state index in [-0.39, 0.29) is 6.04 Å². The van der Waals surface area contributed by atoms with Gasteiger partial charge in [0.2, 0.25) is 0 Å². The maximum atomic E-state index is 6.27. The van der Waals surface area contributed by atoms with Crippen molar-refractivity contribution in [3.8, 4) is 0 Å². The second-order valence-electron chi connectivity index (χ2n) is 4.24. The summed E-state index contributed by atoms with van der Waals surface area (Å²) in [6, 6.07) is 6.27. The molecule has 2 nitrogen and oxygen atoms in total. The number of hydrogen-bond acceptors (Lipinski definition) is 2. The van der Waals surface area contributed by atoms with Gasteiger partial charge < -0.3 is 10.5 Å². The summed E-state index contributed by atoms with van der Waals surface area (Å²) in [6.07, 6.45) is 0.990. The molecule has 90 valence electrons. The Morgan fingerprint density at radius 2 is 2.12 bits per heavy atom. The molecule has 0 bridgehead atoms. The van der Waals surface area contributed by atoms with Gasteiger partial charge in [0, 0.05) is 24.2 Å². The SMILES string of the molecule is COCCC(C)C(N)c1cccc(Br)c1C. The minimum absolute atomic E-state index is 0.0765. The largest absolute Gasteiger partial charge is 0.385 e. The van der Waals surface area contributed by atoms with Crippen LogP contribution in [0.4, 0.5) is 0 Å². The van der Waals surface area contributed by atoms with Crippen LogP contribution >= 0.6 is 15.9 Å². The second-order valence-corrected chi connectivity index (χ2v) is 5.09. The van der Waals surface area contributed by atoms with Gasteiger partial charge >= 0.3 is 0 Å². The molecule has 1 aromatic carbocycles. The Hall–Kier alpha value is -0.380. The van der Waals surface area contributed by atoms with E-state index >= 15 is 0 Å². The van der Waals surface area contributed by atoms with Crippen molar-refractivity contribution >= 4 is 15.9 Å². The summed E-state index contributed by atoms with van der Waals surface area (Å²) in [5.41, 5.74) is 8.73. The van der Waals surface area contributed by atoms with Gasteiger partial charge in [-0.3, -0.25) is 0 Å². The Bertz CT molecular complexity index is 341. The molecule has 0 aliphatic heterocycles. The zero-order valence-corrected chi connectivity index (χ0v) is 11.8. The third kappa shape index (κ3) is 3.30. The van der Waals surface area contributed by atoms with Gasteiger partial charge in [-0.1, -0.05) is 35.0 Å². The van der Waals surface area contributed by atoms with Crippen LogP contribution in [0.5, 0.6) is 0 Å². The van der Waals surface area contributed by atoms with Gasteiger partial charge in [-0.05, 0) is 36.5 Å². The van der Waals surface area contributed by atoms with Gasteiger partial charge in [-0.2, -0.15) is 0 Å². The molecule has 0 heterocycles. The summed E-state index contributed by atoms with van der Waals surface area (Å²) < 4.78 is 6.21. The summed E-state index contributed by atoms with van der Waals surface area (Å²) in [7, 11) is 1.72. The van der Waals surface area contributed by atoms with E-state index in [1.54, 1.807) is 7.11 Å². The number of benzene rings is 1. The van der Waals surface area contributed by atoms with Crippen molar-refractivity contribution in [2.75, 3.05) is 13.7 Å². The first-order chi connectivity index (χ1) is 7.57. The molecule has 1 rings (SSSR count). The number of nitrogens with two attached hydrogens (primary N) is 1. The van der Waals surface area contributed by atoms with Crippen LogP contribution in [0.2, 0.25) is 0 Å². The number of methoxy groups -OCH3 is 1. The van der Waals surface area contributed by atoms with Crippen LogP contribution in [0.1, 0.15) is 30.5 Å². The second kappa shape index (κ2) is 6.38. The molecule has 0 spiro atoms. The van der Waals surface area contributed by atoms with Gasteiger partial charge in [-0.15, -0.1) is 0 Å². The summed E-state index contributed by atoms with van der Waals surface area (Å²) in [5.74, 6) is 0.424. The molecule has 1 aromatic rings. The Kier molecular flexibility index (Phi) is 5.46. The lowest BCUT2D eigenvalue weighted by Gasteiger charge is -2.22. The van der Waals surface area contributed by atoms with E-state index in [1.165, 1.54) is 11.1 Å². The predicted octanol–water partition coefficient (Wildman–Crippen LogP) is 3.43. The van der Waals surface area contributed by atoms with Gasteiger partial charge in [-0.25, -0.2) is 0 Å². The molecule has 0 aliphatic rings. The minimum atomic E-state index is 0.0765. The van der Waals surface area contributed by atoms with E-state index in [2.05, 4.69) is 35.8 Å². The summed E-state index contributed by atoms with van der Waals surface area (Å²) >= 11 is 3.54. The smallest absolute Gasteiger partial charge is 0.0465 e. The van der Waals surface area contributed by atoms with Crippen molar-refractivity contribution < 1.29 is 4.74 Å². The molecule has 0 aliphatic carbocycles. The standard InChI is InChI=1S/C13H20BrNO/c1-9(7-8-16-3)13(15)11-5-4-6-12(14)10(11)2/h4-6,9,13H,7-8,15H2,1-3H3. The fraction of sp³-hybridized carbons (Fsp3) is 0.538. The summed E-state index contributed by atoms with van der Waals surface area (Å²) in [4.78, 5) is 0. The van der Waals surface area contributed by atoms with Gasteiger partial charge in [0.05, 0.1) is 0 Å². The van der Waals surface area contributed by atoms with E-state index in [1.807, 2.05) is 12.1 Å². The van der Waals surface area contributed by atoms with Gasteiger partial charge in [0.25, 0.3) is 0 Å². The highest BCUT2D eigenvalue weighted by molar-refractivity contribution is 9.10. The van der Waals surface area contributed by atoms with E-state index < -0.39 is 0 Å². The molecule has 2 N–H and O–H groups in total. The van der Waals surface area contributed by atoms with Crippen molar-refractivity contribution in [3.63, 3.8) is 0 Å². The van der Waals surface area contributed by atoms with E-state index in [4.69, 9.17) is 10.5 Å². The number of ether oxygens (including phenoxy) is 1. The van der Waals surface area contributed by atoms with Crippen LogP contribution in [0.3, 0.4) is 0 Å². The van der Waals surface area contributed by atoms with Crippen LogP contribution in [-0.4, -0.2) is 13.7 Å². The normalized spacial score (nSPS) is 14.8. The molecular weight excluding hydrogens is 266 g/mol. The molecule has 0 saturated heterocycles. The van der Waals surface area contributed by atoms with E-state index in [9.17, 15) is 0 Å². The lowest BCUT2D eigenvalue weighted by Crippen LogP contribution is -2.21. The molecule has 0 fully saturated rings. The Labute approximate surface area is 106 Å². The van der Waals surface area contributed by atoms with Crippen molar-refractivity contribution in [2.45, 2.75) is 26.3 Å². The molecule has 0 saturated carbocycles. The zero-order valence-electron chi connectivity index (χ0n) is 10.2. The summed E-state index contributed by atoms with van der Waals surface area (Å²) in [6.45, 7) is 5.04. The number of rotatable bonds is 5. The molecular formula is C13H20BrNO. The number of hydrogen-bond donors (Lipinski definition) is 1. The minimum Gasteiger partial charge on any atom is -0.385 e. The van der Waals surface area contributed by atoms with Crippen molar-refractivity contribution in [1.82, 2.24) is 0 Å². The summed E-state index contributed by atoms with van der Waals surface area (Å²) in [5, 5.41) is 0. The van der Waals surface area contributed by atoms with Crippen LogP contribution in [0.25, 0.3) is 0 Å². The average molecular weight is 286 g/mol. The lowest BCUT2D eigenvalue weighted by atomic mass is 9.90. The quantitative estimate of drug-likeness (QED) is 0.900. The molecule has 0 amide bonds. The molecule has 2 unspecified atom stereocenters. The Morgan fingerprint density at radius 3 is 2.75 bits per heavy atom. The lowest BCUT2D eigenvalue weighted by molar-refractivity contribution is 0.174. The van der Waals surface area contributed by atoms with Crippen LogP contribution in [0, 0.1) is 12.8 Å². The van der Waals surface area contributed by atoms with Crippen LogP contribution < -0.4 is 5.73 Å².